The second kappa shape index (κ2) is 7.19. The largest absolute Gasteiger partial charge is 0.573 e. The normalized spacial score (nSPS) is 11.5. The molecule has 2 aromatic carbocycles. The van der Waals surface area contributed by atoms with E-state index in [-0.39, 0.29) is 5.75 Å². The Kier molecular flexibility index (Phi) is 5.28. The minimum atomic E-state index is -4.75. The van der Waals surface area contributed by atoms with Gasteiger partial charge in [-0.25, -0.2) is 0 Å². The van der Waals surface area contributed by atoms with Gasteiger partial charge < -0.3 is 10.1 Å². The van der Waals surface area contributed by atoms with E-state index in [1.54, 1.807) is 30.3 Å². The van der Waals surface area contributed by atoms with E-state index in [9.17, 15) is 18.0 Å². The molecule has 0 aliphatic heterocycles. The molecule has 0 aliphatic rings. The summed E-state index contributed by atoms with van der Waals surface area (Å²) in [7, 11) is 0. The Balaban J connectivity index is 1.95. The fourth-order valence-electron chi connectivity index (χ4n) is 1.71. The summed E-state index contributed by atoms with van der Waals surface area (Å²) in [5, 5.41) is 3.07. The van der Waals surface area contributed by atoms with E-state index in [2.05, 4.69) is 10.1 Å². The Morgan fingerprint density at radius 2 is 1.83 bits per heavy atom. The van der Waals surface area contributed by atoms with Crippen LogP contribution in [0.3, 0.4) is 0 Å². The molecular weight excluding hydrogens is 331 g/mol. The number of carbonyl (C=O) groups is 1. The Bertz CT molecular complexity index is 712. The molecule has 2 aromatic rings. The van der Waals surface area contributed by atoms with Gasteiger partial charge in [0.15, 0.2) is 0 Å². The van der Waals surface area contributed by atoms with E-state index in [4.69, 9.17) is 11.6 Å². The average molecular weight is 342 g/mol. The highest BCUT2D eigenvalue weighted by atomic mass is 35.5. The molecule has 23 heavy (non-hydrogen) atoms. The Morgan fingerprint density at radius 1 is 1.13 bits per heavy atom. The molecule has 0 heterocycles. The van der Waals surface area contributed by atoms with E-state index >= 15 is 0 Å². The summed E-state index contributed by atoms with van der Waals surface area (Å²) < 4.78 is 39.8. The first-order valence-corrected chi connectivity index (χ1v) is 6.80. The Morgan fingerprint density at radius 3 is 2.43 bits per heavy atom. The van der Waals surface area contributed by atoms with Crippen LogP contribution in [0, 0.1) is 0 Å². The van der Waals surface area contributed by atoms with Gasteiger partial charge in [0.25, 0.3) is 0 Å². The summed E-state index contributed by atoms with van der Waals surface area (Å²) in [6.45, 7) is 0. The summed E-state index contributed by atoms with van der Waals surface area (Å²) in [5.41, 5.74) is 1.10. The second-order valence-corrected chi connectivity index (χ2v) is 4.89. The maximum atomic E-state index is 12.0. The highest BCUT2D eigenvalue weighted by Gasteiger charge is 2.30. The maximum Gasteiger partial charge on any atom is 0.573 e. The number of ether oxygens (including phenoxy) is 1. The third-order valence-corrected chi connectivity index (χ3v) is 2.87. The third kappa shape index (κ3) is 6.04. The van der Waals surface area contributed by atoms with Crippen molar-refractivity contribution >= 4 is 29.3 Å². The van der Waals surface area contributed by atoms with Gasteiger partial charge in [-0.05, 0) is 48.0 Å². The molecule has 0 fully saturated rings. The van der Waals surface area contributed by atoms with Gasteiger partial charge in [0.2, 0.25) is 5.91 Å². The molecule has 0 aliphatic carbocycles. The number of alkyl halides is 3. The number of benzene rings is 2. The van der Waals surface area contributed by atoms with Crippen LogP contribution in [-0.2, 0) is 4.79 Å². The molecule has 120 valence electrons. The predicted molar refractivity (Wildman–Crippen MR) is 82.2 cm³/mol. The third-order valence-electron chi connectivity index (χ3n) is 2.63. The number of hydrogen-bond acceptors (Lipinski definition) is 2. The van der Waals surface area contributed by atoms with E-state index in [1.165, 1.54) is 18.2 Å². The number of rotatable bonds is 4. The second-order valence-electron chi connectivity index (χ2n) is 4.45. The van der Waals surface area contributed by atoms with E-state index in [1.807, 2.05) is 0 Å². The van der Waals surface area contributed by atoms with Gasteiger partial charge in [0.1, 0.15) is 5.75 Å². The van der Waals surface area contributed by atoms with E-state index < -0.39 is 12.3 Å². The molecule has 0 spiro atoms. The standard InChI is InChI=1S/C16H11ClF3NO2/c17-12-3-1-2-11(10-12)4-9-15(22)21-13-5-7-14(8-6-13)23-16(18,19)20/h1-10H,(H,21,22)/b9-4+. The van der Waals surface area contributed by atoms with Gasteiger partial charge >= 0.3 is 6.36 Å². The van der Waals surface area contributed by atoms with Crippen LogP contribution in [0.15, 0.2) is 54.6 Å². The molecule has 2 rings (SSSR count). The maximum absolute atomic E-state index is 12.0. The first kappa shape index (κ1) is 16.9. The van der Waals surface area contributed by atoms with Gasteiger partial charge in [0, 0.05) is 16.8 Å². The van der Waals surface area contributed by atoms with Crippen LogP contribution in [0.1, 0.15) is 5.56 Å². The van der Waals surface area contributed by atoms with Crippen LogP contribution >= 0.6 is 11.6 Å². The molecule has 0 saturated heterocycles. The molecule has 0 radical (unpaired) electrons. The highest BCUT2D eigenvalue weighted by Crippen LogP contribution is 2.24. The Hall–Kier alpha value is -2.47. The summed E-state index contributed by atoms with van der Waals surface area (Å²) in [6, 6.07) is 11.8. The number of hydrogen-bond donors (Lipinski definition) is 1. The minimum absolute atomic E-state index is 0.347. The predicted octanol–water partition coefficient (Wildman–Crippen LogP) is 4.89. The quantitative estimate of drug-likeness (QED) is 0.804. The van der Waals surface area contributed by atoms with Crippen molar-refractivity contribution in [2.24, 2.45) is 0 Å². The van der Waals surface area contributed by atoms with Gasteiger partial charge in [-0.2, -0.15) is 0 Å². The van der Waals surface area contributed by atoms with E-state index in [0.29, 0.717) is 10.7 Å². The number of anilines is 1. The van der Waals surface area contributed by atoms with Gasteiger partial charge in [-0.1, -0.05) is 23.7 Å². The van der Waals surface area contributed by atoms with Crippen LogP contribution in [-0.4, -0.2) is 12.3 Å². The lowest BCUT2D eigenvalue weighted by Gasteiger charge is -2.09. The van der Waals surface area contributed by atoms with Gasteiger partial charge in [-0.3, -0.25) is 4.79 Å². The summed E-state index contributed by atoms with van der Waals surface area (Å²) in [6.07, 6.45) is -1.88. The number of nitrogens with one attached hydrogen (secondary N) is 1. The van der Waals surface area contributed by atoms with Crippen molar-refractivity contribution in [2.45, 2.75) is 6.36 Å². The lowest BCUT2D eigenvalue weighted by atomic mass is 10.2. The zero-order valence-electron chi connectivity index (χ0n) is 11.6. The molecule has 0 atom stereocenters. The topological polar surface area (TPSA) is 38.3 Å². The van der Waals surface area contributed by atoms with Crippen molar-refractivity contribution in [1.29, 1.82) is 0 Å². The van der Waals surface area contributed by atoms with Crippen LogP contribution in [0.25, 0.3) is 6.08 Å². The van der Waals surface area contributed by atoms with Crippen molar-refractivity contribution < 1.29 is 22.7 Å². The molecule has 1 amide bonds. The zero-order valence-corrected chi connectivity index (χ0v) is 12.4. The van der Waals surface area contributed by atoms with Crippen LogP contribution < -0.4 is 10.1 Å². The zero-order chi connectivity index (χ0) is 16.9. The fraction of sp³-hybridized carbons (Fsp3) is 0.0625. The van der Waals surface area contributed by atoms with Crippen molar-refractivity contribution in [3.05, 3.63) is 65.2 Å². The minimum Gasteiger partial charge on any atom is -0.406 e. The monoisotopic (exact) mass is 341 g/mol. The van der Waals surface area contributed by atoms with Crippen molar-refractivity contribution in [2.75, 3.05) is 5.32 Å². The molecule has 1 N–H and O–H groups in total. The lowest BCUT2D eigenvalue weighted by Crippen LogP contribution is -2.17. The van der Waals surface area contributed by atoms with Crippen molar-refractivity contribution in [1.82, 2.24) is 0 Å². The van der Waals surface area contributed by atoms with Crippen LogP contribution in [0.4, 0.5) is 18.9 Å². The lowest BCUT2D eigenvalue weighted by molar-refractivity contribution is -0.274. The molecular formula is C16H11ClF3NO2. The summed E-state index contributed by atoms with van der Waals surface area (Å²) in [4.78, 5) is 11.7. The molecule has 0 saturated carbocycles. The number of carbonyl (C=O) groups excluding carboxylic acids is 1. The van der Waals surface area contributed by atoms with Crippen LogP contribution in [0.5, 0.6) is 5.75 Å². The molecule has 0 aromatic heterocycles. The highest BCUT2D eigenvalue weighted by molar-refractivity contribution is 6.30. The van der Waals surface area contributed by atoms with Crippen molar-refractivity contribution in [3.63, 3.8) is 0 Å². The molecule has 3 nitrogen and oxygen atoms in total. The average Bonchev–Trinajstić information content (AvgIpc) is 2.46. The summed E-state index contributed by atoms with van der Waals surface area (Å²) >= 11 is 5.82. The SMILES string of the molecule is O=C(/C=C/c1cccc(Cl)c1)Nc1ccc(OC(F)(F)F)cc1. The number of amides is 1. The number of halogens is 4. The molecule has 0 unspecified atom stereocenters. The van der Waals surface area contributed by atoms with Gasteiger partial charge in [0.05, 0.1) is 0 Å². The van der Waals surface area contributed by atoms with Gasteiger partial charge in [-0.15, -0.1) is 13.2 Å². The smallest absolute Gasteiger partial charge is 0.406 e. The fourth-order valence-corrected chi connectivity index (χ4v) is 1.90. The Labute approximate surface area is 135 Å². The van der Waals surface area contributed by atoms with Crippen LogP contribution in [0.2, 0.25) is 5.02 Å². The first-order chi connectivity index (χ1) is 10.8. The molecule has 7 heteroatoms. The van der Waals surface area contributed by atoms with E-state index in [0.717, 1.165) is 17.7 Å². The first-order valence-electron chi connectivity index (χ1n) is 6.42. The molecule has 0 bridgehead atoms. The summed E-state index contributed by atoms with van der Waals surface area (Å²) in [5.74, 6) is -0.778. The van der Waals surface area contributed by atoms with Crippen molar-refractivity contribution in [3.8, 4) is 5.75 Å².